The Kier molecular flexibility index (Phi) is 3.02. The Morgan fingerprint density at radius 3 is 2.93 bits per heavy atom. The molecule has 0 aliphatic heterocycles. The molecule has 1 aliphatic rings. The number of nitrogen functional groups attached to an aromatic ring is 1. The van der Waals surface area contributed by atoms with Gasteiger partial charge >= 0.3 is 0 Å². The number of hydrogen-bond acceptors (Lipinski definition) is 6. The summed E-state index contributed by atoms with van der Waals surface area (Å²) in [6.07, 6.45) is 3.85. The van der Waals surface area contributed by atoms with Gasteiger partial charge in [-0.3, -0.25) is 4.79 Å². The highest BCUT2D eigenvalue weighted by molar-refractivity contribution is 8.02. The minimum Gasteiger partial charge on any atom is -0.374 e. The van der Waals surface area contributed by atoms with Crippen molar-refractivity contribution >= 4 is 34.0 Å². The fourth-order valence-corrected chi connectivity index (χ4v) is 3.47. The van der Waals surface area contributed by atoms with Crippen LogP contribution in [0.5, 0.6) is 0 Å². The molecule has 1 fully saturated rings. The van der Waals surface area contributed by atoms with E-state index in [-0.39, 0.29) is 5.25 Å². The zero-order chi connectivity index (χ0) is 9.97. The number of anilines is 1. The molecule has 1 unspecified atom stereocenters. The summed E-state index contributed by atoms with van der Waals surface area (Å²) in [6, 6.07) is 0. The van der Waals surface area contributed by atoms with Crippen molar-refractivity contribution in [3.05, 3.63) is 0 Å². The molecule has 2 rings (SSSR count). The van der Waals surface area contributed by atoms with Crippen LogP contribution in [-0.2, 0) is 4.79 Å². The summed E-state index contributed by atoms with van der Waals surface area (Å²) in [6.45, 7) is 0. The van der Waals surface area contributed by atoms with Crippen molar-refractivity contribution in [1.82, 2.24) is 10.2 Å². The number of carbonyl (C=O) groups is 1. The number of rotatable bonds is 2. The van der Waals surface area contributed by atoms with Crippen molar-refractivity contribution in [1.29, 1.82) is 0 Å². The maximum atomic E-state index is 11.5. The lowest BCUT2D eigenvalue weighted by Crippen LogP contribution is -2.21. The molecule has 1 saturated carbocycles. The molecule has 6 heteroatoms. The number of nitrogens with zero attached hydrogens (tertiary/aromatic N) is 2. The number of thioether (sulfide) groups is 1. The van der Waals surface area contributed by atoms with Gasteiger partial charge in [-0.05, 0) is 12.8 Å². The maximum absolute atomic E-state index is 11.5. The summed E-state index contributed by atoms with van der Waals surface area (Å²) in [5.74, 6) is 0.343. The van der Waals surface area contributed by atoms with Crippen LogP contribution in [0.25, 0.3) is 0 Å². The molecule has 0 saturated heterocycles. The van der Waals surface area contributed by atoms with Gasteiger partial charge in [-0.2, -0.15) is 0 Å². The summed E-state index contributed by atoms with van der Waals surface area (Å²) in [4.78, 5) is 11.5. The molecular weight excluding hydrogens is 218 g/mol. The van der Waals surface area contributed by atoms with Crippen molar-refractivity contribution in [3.8, 4) is 0 Å². The first kappa shape index (κ1) is 9.92. The van der Waals surface area contributed by atoms with Gasteiger partial charge in [-0.15, -0.1) is 10.2 Å². The molecule has 1 aromatic rings. The molecule has 0 spiro atoms. The van der Waals surface area contributed by atoms with Crippen molar-refractivity contribution < 1.29 is 4.79 Å². The highest BCUT2D eigenvalue weighted by Gasteiger charge is 2.24. The number of Topliss-reactive ketones (excluding diaryl/α,β-unsaturated/α-hetero) is 1. The number of ketones is 1. The van der Waals surface area contributed by atoms with Crippen molar-refractivity contribution in [2.75, 3.05) is 5.73 Å². The van der Waals surface area contributed by atoms with Gasteiger partial charge in [0.25, 0.3) is 0 Å². The molecule has 0 amide bonds. The smallest absolute Gasteiger partial charge is 0.203 e. The fourth-order valence-electron chi connectivity index (χ4n) is 1.47. The van der Waals surface area contributed by atoms with E-state index in [1.165, 1.54) is 23.1 Å². The van der Waals surface area contributed by atoms with Crippen LogP contribution < -0.4 is 5.73 Å². The van der Waals surface area contributed by atoms with Gasteiger partial charge in [0.05, 0.1) is 5.25 Å². The third-order valence-electron chi connectivity index (χ3n) is 2.16. The Hall–Kier alpha value is -0.620. The first-order chi connectivity index (χ1) is 6.75. The second-order valence-electron chi connectivity index (χ2n) is 3.22. The molecule has 4 nitrogen and oxygen atoms in total. The highest BCUT2D eigenvalue weighted by atomic mass is 32.2. The van der Waals surface area contributed by atoms with Gasteiger partial charge < -0.3 is 5.73 Å². The molecule has 0 radical (unpaired) electrons. The van der Waals surface area contributed by atoms with E-state index in [4.69, 9.17) is 5.73 Å². The average Bonchev–Trinajstić information content (AvgIpc) is 2.56. The normalized spacial score (nSPS) is 22.6. The lowest BCUT2D eigenvalue weighted by atomic mass is 9.99. The van der Waals surface area contributed by atoms with Crippen molar-refractivity contribution in [3.63, 3.8) is 0 Å². The largest absolute Gasteiger partial charge is 0.374 e. The van der Waals surface area contributed by atoms with Crippen LogP contribution in [0.1, 0.15) is 25.7 Å². The van der Waals surface area contributed by atoms with Crippen LogP contribution in [0.4, 0.5) is 5.13 Å². The average molecular weight is 229 g/mol. The van der Waals surface area contributed by atoms with E-state index in [1.54, 1.807) is 0 Å². The van der Waals surface area contributed by atoms with E-state index >= 15 is 0 Å². The van der Waals surface area contributed by atoms with Crippen LogP contribution >= 0.6 is 23.1 Å². The van der Waals surface area contributed by atoms with Gasteiger partial charge in [0.2, 0.25) is 5.13 Å². The van der Waals surface area contributed by atoms with E-state index in [1.807, 2.05) is 0 Å². The third kappa shape index (κ3) is 2.24. The Balaban J connectivity index is 1.99. The van der Waals surface area contributed by atoms with E-state index in [0.29, 0.717) is 17.3 Å². The standard InChI is InChI=1S/C8H11N3OS2/c9-7-10-11-8(14-7)13-6-4-2-1-3-5(6)12/h6H,1-4H2,(H2,9,10). The summed E-state index contributed by atoms with van der Waals surface area (Å²) >= 11 is 2.86. The fraction of sp³-hybridized carbons (Fsp3) is 0.625. The minimum atomic E-state index is 0.0797. The van der Waals surface area contributed by atoms with Crippen molar-refractivity contribution in [2.24, 2.45) is 0 Å². The number of hydrogen-bond donors (Lipinski definition) is 1. The lowest BCUT2D eigenvalue weighted by molar-refractivity contribution is -0.119. The zero-order valence-electron chi connectivity index (χ0n) is 7.60. The predicted molar refractivity (Wildman–Crippen MR) is 57.4 cm³/mol. The maximum Gasteiger partial charge on any atom is 0.203 e. The van der Waals surface area contributed by atoms with E-state index < -0.39 is 0 Å². The minimum absolute atomic E-state index is 0.0797. The molecule has 14 heavy (non-hydrogen) atoms. The molecule has 76 valence electrons. The first-order valence-corrected chi connectivity index (χ1v) is 6.23. The molecule has 0 bridgehead atoms. The van der Waals surface area contributed by atoms with E-state index in [0.717, 1.165) is 23.6 Å². The van der Waals surface area contributed by atoms with Gasteiger partial charge in [-0.25, -0.2) is 0 Å². The monoisotopic (exact) mass is 229 g/mol. The Morgan fingerprint density at radius 2 is 2.29 bits per heavy atom. The number of aromatic nitrogens is 2. The van der Waals surface area contributed by atoms with Gasteiger partial charge in [0.15, 0.2) is 4.34 Å². The van der Waals surface area contributed by atoms with Crippen LogP contribution in [0.15, 0.2) is 4.34 Å². The Morgan fingerprint density at radius 1 is 1.43 bits per heavy atom. The van der Waals surface area contributed by atoms with Crippen LogP contribution in [0.3, 0.4) is 0 Å². The van der Waals surface area contributed by atoms with Crippen molar-refractivity contribution in [2.45, 2.75) is 35.3 Å². The van der Waals surface area contributed by atoms with E-state index in [2.05, 4.69) is 10.2 Å². The molecule has 2 N–H and O–H groups in total. The zero-order valence-corrected chi connectivity index (χ0v) is 9.24. The Bertz CT molecular complexity index is 339. The van der Waals surface area contributed by atoms with Crippen LogP contribution in [-0.4, -0.2) is 21.2 Å². The predicted octanol–water partition coefficient (Wildman–Crippen LogP) is 1.72. The van der Waals surface area contributed by atoms with Gasteiger partial charge in [0, 0.05) is 6.42 Å². The first-order valence-electron chi connectivity index (χ1n) is 4.54. The molecule has 1 aliphatic carbocycles. The van der Waals surface area contributed by atoms with Crippen LogP contribution in [0, 0.1) is 0 Å². The SMILES string of the molecule is Nc1nnc(SC2CCCCC2=O)s1. The summed E-state index contributed by atoms with van der Waals surface area (Å²) in [7, 11) is 0. The molecule has 0 aromatic carbocycles. The second kappa shape index (κ2) is 4.27. The summed E-state index contributed by atoms with van der Waals surface area (Å²) < 4.78 is 0.808. The molecule has 1 atom stereocenters. The quantitative estimate of drug-likeness (QED) is 0.836. The summed E-state index contributed by atoms with van der Waals surface area (Å²) in [5, 5.41) is 8.17. The lowest BCUT2D eigenvalue weighted by Gasteiger charge is -2.17. The summed E-state index contributed by atoms with van der Waals surface area (Å²) in [5.41, 5.74) is 5.47. The second-order valence-corrected chi connectivity index (χ2v) is 5.68. The van der Waals surface area contributed by atoms with Gasteiger partial charge in [-0.1, -0.05) is 29.5 Å². The highest BCUT2D eigenvalue weighted by Crippen LogP contribution is 2.33. The number of carbonyl (C=O) groups excluding carboxylic acids is 1. The Labute approximate surface area is 90.3 Å². The third-order valence-corrected chi connectivity index (χ3v) is 4.32. The molecule has 1 aromatic heterocycles. The molecule has 1 heterocycles. The van der Waals surface area contributed by atoms with Crippen LogP contribution in [0.2, 0.25) is 0 Å². The molecular formula is C8H11N3OS2. The van der Waals surface area contributed by atoms with E-state index in [9.17, 15) is 4.79 Å². The van der Waals surface area contributed by atoms with Gasteiger partial charge in [0.1, 0.15) is 5.78 Å². The topological polar surface area (TPSA) is 68.9 Å². The number of nitrogens with two attached hydrogens (primary N) is 1.